The third kappa shape index (κ3) is 4.77. The fourth-order valence-corrected chi connectivity index (χ4v) is 4.21. The van der Waals surface area contributed by atoms with Crippen molar-refractivity contribution in [3.8, 4) is 5.75 Å². The summed E-state index contributed by atoms with van der Waals surface area (Å²) in [4.78, 5) is 32.3. The number of aliphatic hydroxyl groups is 1. The van der Waals surface area contributed by atoms with Crippen LogP contribution in [0.15, 0.2) is 54.2 Å². The highest BCUT2D eigenvalue weighted by atomic mass is 19.1. The number of piperazine rings is 1. The zero-order valence-electron chi connectivity index (χ0n) is 18.8. The molecule has 1 saturated heterocycles. The highest BCUT2D eigenvalue weighted by molar-refractivity contribution is 6.45. The molecule has 0 bridgehead atoms. The Morgan fingerprint density at radius 3 is 2.15 bits per heavy atom. The fourth-order valence-electron chi connectivity index (χ4n) is 4.21. The second-order valence-corrected chi connectivity index (χ2v) is 8.39. The second-order valence-electron chi connectivity index (χ2n) is 8.39. The molecule has 2 aliphatic rings. The number of nitrogens with zero attached hydrogens (tertiary/aromatic N) is 3. The van der Waals surface area contributed by atoms with Crippen LogP contribution in [0.4, 0.5) is 10.1 Å². The Balaban J connectivity index is 1.68. The molecule has 174 valence electrons. The predicted molar refractivity (Wildman–Crippen MR) is 123 cm³/mol. The topological polar surface area (TPSA) is 73.3 Å². The lowest BCUT2D eigenvalue weighted by Gasteiger charge is -2.36. The van der Waals surface area contributed by atoms with E-state index in [1.54, 1.807) is 24.3 Å². The van der Waals surface area contributed by atoms with Gasteiger partial charge < -0.3 is 14.7 Å². The van der Waals surface area contributed by atoms with E-state index in [1.165, 1.54) is 29.2 Å². The van der Waals surface area contributed by atoms with Crippen LogP contribution in [0.2, 0.25) is 0 Å². The lowest BCUT2D eigenvalue weighted by Crippen LogP contribution is -2.48. The number of ether oxygens (including phenoxy) is 1. The van der Waals surface area contributed by atoms with Crippen LogP contribution in [0, 0.1) is 5.82 Å². The van der Waals surface area contributed by atoms with Gasteiger partial charge in [0.05, 0.1) is 24.0 Å². The molecule has 4 rings (SSSR count). The Bertz CT molecular complexity index is 1040. The largest absolute Gasteiger partial charge is 0.491 e. The maximum Gasteiger partial charge on any atom is 0.282 e. The minimum atomic E-state index is -0.433. The number of aliphatic hydroxyl groups excluding tert-OH is 1. The minimum absolute atomic E-state index is 0.00810. The molecule has 2 aliphatic heterocycles. The van der Waals surface area contributed by atoms with E-state index in [0.29, 0.717) is 55.4 Å². The minimum Gasteiger partial charge on any atom is -0.491 e. The van der Waals surface area contributed by atoms with E-state index in [2.05, 4.69) is 4.90 Å². The van der Waals surface area contributed by atoms with E-state index in [0.717, 1.165) is 0 Å². The molecule has 33 heavy (non-hydrogen) atoms. The van der Waals surface area contributed by atoms with Crippen molar-refractivity contribution in [2.75, 3.05) is 44.2 Å². The molecule has 0 atom stereocenters. The van der Waals surface area contributed by atoms with Gasteiger partial charge in [-0.2, -0.15) is 0 Å². The first kappa shape index (κ1) is 22.9. The van der Waals surface area contributed by atoms with E-state index in [-0.39, 0.29) is 18.3 Å². The number of β-amino-alcohol motifs (C(OH)–C–C–N with tert-alkyl or cyclic N) is 1. The van der Waals surface area contributed by atoms with Crippen molar-refractivity contribution in [2.24, 2.45) is 0 Å². The summed E-state index contributed by atoms with van der Waals surface area (Å²) in [6, 6.07) is 12.5. The SMILES string of the molecule is CC(C)Oc1ccc(N2C(=O)C(c3ccc(F)cc3)=C(N3CCN(CCO)CC3)C2=O)cc1. The average molecular weight is 454 g/mol. The number of hydrogen-bond acceptors (Lipinski definition) is 6. The summed E-state index contributed by atoms with van der Waals surface area (Å²) in [5.41, 5.74) is 1.57. The Morgan fingerprint density at radius 1 is 0.939 bits per heavy atom. The molecule has 8 heteroatoms. The fraction of sp³-hybridized carbons (Fsp3) is 0.360. The van der Waals surface area contributed by atoms with Gasteiger partial charge >= 0.3 is 0 Å². The van der Waals surface area contributed by atoms with Crippen LogP contribution in [0.25, 0.3) is 5.57 Å². The lowest BCUT2D eigenvalue weighted by molar-refractivity contribution is -0.120. The van der Waals surface area contributed by atoms with Gasteiger partial charge in [-0.15, -0.1) is 0 Å². The number of carbonyl (C=O) groups excluding carboxylic acids is 2. The molecular weight excluding hydrogens is 425 g/mol. The van der Waals surface area contributed by atoms with Gasteiger partial charge in [-0.05, 0) is 55.8 Å². The van der Waals surface area contributed by atoms with Crippen molar-refractivity contribution in [2.45, 2.75) is 20.0 Å². The molecule has 1 N–H and O–H groups in total. The third-order valence-electron chi connectivity index (χ3n) is 5.76. The lowest BCUT2D eigenvalue weighted by atomic mass is 10.0. The molecule has 2 amide bonds. The Kier molecular flexibility index (Phi) is 6.76. The summed E-state index contributed by atoms with van der Waals surface area (Å²) in [6.07, 6.45) is 0.00810. The number of anilines is 1. The number of benzene rings is 2. The van der Waals surface area contributed by atoms with E-state index >= 15 is 0 Å². The van der Waals surface area contributed by atoms with Gasteiger partial charge in [0.15, 0.2) is 0 Å². The average Bonchev–Trinajstić information content (AvgIpc) is 3.05. The van der Waals surface area contributed by atoms with Crippen molar-refractivity contribution in [1.29, 1.82) is 0 Å². The molecule has 1 fully saturated rings. The number of halogens is 1. The van der Waals surface area contributed by atoms with E-state index in [9.17, 15) is 19.1 Å². The number of rotatable bonds is 7. The van der Waals surface area contributed by atoms with Gasteiger partial charge in [0.2, 0.25) is 0 Å². The van der Waals surface area contributed by atoms with Crippen LogP contribution in [-0.2, 0) is 9.59 Å². The van der Waals surface area contributed by atoms with Gasteiger partial charge in [0.1, 0.15) is 17.3 Å². The van der Waals surface area contributed by atoms with E-state index in [1.807, 2.05) is 18.7 Å². The first-order chi connectivity index (χ1) is 15.9. The van der Waals surface area contributed by atoms with Gasteiger partial charge in [-0.3, -0.25) is 14.5 Å². The van der Waals surface area contributed by atoms with Crippen LogP contribution in [0.1, 0.15) is 19.4 Å². The smallest absolute Gasteiger partial charge is 0.282 e. The standard InChI is InChI=1S/C25H28FN3O4/c1-17(2)33-21-9-7-20(8-10-21)29-24(31)22(18-3-5-19(26)6-4-18)23(25(29)32)28-13-11-27(12-14-28)15-16-30/h3-10,17,30H,11-16H2,1-2H3. The monoisotopic (exact) mass is 453 g/mol. The number of imide groups is 1. The number of carbonyl (C=O) groups is 2. The highest BCUT2D eigenvalue weighted by Crippen LogP contribution is 2.35. The molecule has 0 aromatic heterocycles. The van der Waals surface area contributed by atoms with Gasteiger partial charge in [0.25, 0.3) is 11.8 Å². The zero-order valence-corrected chi connectivity index (χ0v) is 18.8. The van der Waals surface area contributed by atoms with Gasteiger partial charge in [-0.25, -0.2) is 9.29 Å². The molecule has 0 unspecified atom stereocenters. The van der Waals surface area contributed by atoms with E-state index in [4.69, 9.17) is 4.74 Å². The Hall–Kier alpha value is -3.23. The normalized spacial score (nSPS) is 17.5. The van der Waals surface area contributed by atoms with Gasteiger partial charge in [0, 0.05) is 32.7 Å². The molecule has 0 spiro atoms. The molecule has 2 aromatic carbocycles. The van der Waals surface area contributed by atoms with Crippen molar-refractivity contribution >= 4 is 23.1 Å². The summed E-state index contributed by atoms with van der Waals surface area (Å²) in [5, 5.41) is 9.20. The first-order valence-electron chi connectivity index (χ1n) is 11.1. The molecule has 7 nitrogen and oxygen atoms in total. The highest BCUT2D eigenvalue weighted by Gasteiger charge is 2.43. The summed E-state index contributed by atoms with van der Waals surface area (Å²) in [6.45, 7) is 6.93. The zero-order chi connectivity index (χ0) is 23.5. The van der Waals surface area contributed by atoms with Crippen LogP contribution >= 0.6 is 0 Å². The van der Waals surface area contributed by atoms with Crippen LogP contribution in [0.5, 0.6) is 5.75 Å². The summed E-state index contributed by atoms with van der Waals surface area (Å²) >= 11 is 0. The number of hydrogen-bond donors (Lipinski definition) is 1. The second kappa shape index (κ2) is 9.72. The predicted octanol–water partition coefficient (Wildman–Crippen LogP) is 2.51. The van der Waals surface area contributed by atoms with Crippen molar-refractivity contribution in [3.63, 3.8) is 0 Å². The summed E-state index contributed by atoms with van der Waals surface area (Å²) in [5.74, 6) is -0.586. The van der Waals surface area contributed by atoms with Crippen LogP contribution < -0.4 is 9.64 Å². The van der Waals surface area contributed by atoms with E-state index < -0.39 is 17.6 Å². The number of amides is 2. The quantitative estimate of drug-likeness (QED) is 0.650. The molecule has 2 heterocycles. The molecule has 0 aliphatic carbocycles. The molecule has 2 aromatic rings. The first-order valence-corrected chi connectivity index (χ1v) is 11.1. The Labute approximate surface area is 192 Å². The van der Waals surface area contributed by atoms with Crippen LogP contribution in [-0.4, -0.2) is 72.2 Å². The maximum atomic E-state index is 13.6. The van der Waals surface area contributed by atoms with Crippen molar-refractivity contribution < 1.29 is 23.8 Å². The molecule has 0 radical (unpaired) electrons. The summed E-state index contributed by atoms with van der Waals surface area (Å²) in [7, 11) is 0. The summed E-state index contributed by atoms with van der Waals surface area (Å²) < 4.78 is 19.2. The maximum absolute atomic E-state index is 13.6. The van der Waals surface area contributed by atoms with Crippen molar-refractivity contribution in [1.82, 2.24) is 9.80 Å². The molecular formula is C25H28FN3O4. The van der Waals surface area contributed by atoms with Crippen molar-refractivity contribution in [3.05, 3.63) is 65.6 Å². The third-order valence-corrected chi connectivity index (χ3v) is 5.76. The van der Waals surface area contributed by atoms with Crippen LogP contribution in [0.3, 0.4) is 0 Å². The Morgan fingerprint density at radius 2 is 1.58 bits per heavy atom. The van der Waals surface area contributed by atoms with Gasteiger partial charge in [-0.1, -0.05) is 12.1 Å². The molecule has 0 saturated carbocycles.